The van der Waals surface area contributed by atoms with Gasteiger partial charge in [0.25, 0.3) is 0 Å². The Morgan fingerprint density at radius 1 is 1.24 bits per heavy atom. The minimum atomic E-state index is 0.337. The number of piperidine rings is 1. The molecule has 1 aliphatic heterocycles. The van der Waals surface area contributed by atoms with Crippen molar-refractivity contribution in [2.45, 2.75) is 58.5 Å². The summed E-state index contributed by atoms with van der Waals surface area (Å²) in [6.07, 6.45) is 7.86. The molecular weight excluding hydrogens is 308 g/mol. The Balaban J connectivity index is 1.67. The summed E-state index contributed by atoms with van der Waals surface area (Å²) >= 11 is 0. The first-order valence-corrected chi connectivity index (χ1v) is 9.83. The van der Waals surface area contributed by atoms with Gasteiger partial charge in [0.1, 0.15) is 5.82 Å². The molecular formula is C22H30N2O. The molecule has 3 heteroatoms. The first-order chi connectivity index (χ1) is 12.1. The summed E-state index contributed by atoms with van der Waals surface area (Å²) in [5, 5.41) is 1.30. The van der Waals surface area contributed by atoms with Crippen molar-refractivity contribution in [3.05, 3.63) is 35.4 Å². The van der Waals surface area contributed by atoms with Crippen LogP contribution < -0.4 is 4.90 Å². The van der Waals surface area contributed by atoms with E-state index in [0.29, 0.717) is 11.5 Å². The highest BCUT2D eigenvalue weighted by Gasteiger charge is 2.46. The quantitative estimate of drug-likeness (QED) is 0.796. The van der Waals surface area contributed by atoms with Gasteiger partial charge >= 0.3 is 0 Å². The van der Waals surface area contributed by atoms with Crippen LogP contribution in [0.4, 0.5) is 5.82 Å². The highest BCUT2D eigenvalue weighted by atomic mass is 16.5. The van der Waals surface area contributed by atoms with Crippen molar-refractivity contribution in [2.24, 2.45) is 5.41 Å². The van der Waals surface area contributed by atoms with E-state index in [4.69, 9.17) is 9.72 Å². The number of anilines is 1. The van der Waals surface area contributed by atoms with E-state index in [-0.39, 0.29) is 0 Å². The van der Waals surface area contributed by atoms with Crippen LogP contribution in [0.1, 0.15) is 50.2 Å². The monoisotopic (exact) mass is 338 g/mol. The SMILES string of the molecule is CCc1ccc2nc(N3CCC[C@]4(CCC[C@H]4OC)C3)cc(C)c2c1. The topological polar surface area (TPSA) is 25.4 Å². The summed E-state index contributed by atoms with van der Waals surface area (Å²) in [4.78, 5) is 7.54. The Kier molecular flexibility index (Phi) is 4.45. The average molecular weight is 338 g/mol. The smallest absolute Gasteiger partial charge is 0.129 e. The molecule has 1 aliphatic carbocycles. The number of nitrogens with zero attached hydrogens (tertiary/aromatic N) is 2. The number of hydrogen-bond donors (Lipinski definition) is 0. The van der Waals surface area contributed by atoms with Crippen molar-refractivity contribution in [1.29, 1.82) is 0 Å². The van der Waals surface area contributed by atoms with E-state index < -0.39 is 0 Å². The fourth-order valence-electron chi connectivity index (χ4n) is 5.10. The van der Waals surface area contributed by atoms with Crippen LogP contribution >= 0.6 is 0 Å². The molecule has 0 radical (unpaired) electrons. The number of benzene rings is 1. The summed E-state index contributed by atoms with van der Waals surface area (Å²) in [7, 11) is 1.89. The third-order valence-electron chi connectivity index (χ3n) is 6.52. The average Bonchev–Trinajstić information content (AvgIpc) is 3.03. The Morgan fingerprint density at radius 2 is 2.08 bits per heavy atom. The maximum atomic E-state index is 5.86. The molecule has 134 valence electrons. The van der Waals surface area contributed by atoms with Gasteiger partial charge in [0.15, 0.2) is 0 Å². The highest BCUT2D eigenvalue weighted by Crippen LogP contribution is 2.47. The molecule has 4 rings (SSSR count). The summed E-state index contributed by atoms with van der Waals surface area (Å²) in [5.74, 6) is 1.15. The molecule has 3 nitrogen and oxygen atoms in total. The third-order valence-corrected chi connectivity index (χ3v) is 6.52. The molecule has 2 heterocycles. The second kappa shape index (κ2) is 6.60. The lowest BCUT2D eigenvalue weighted by molar-refractivity contribution is 0.00217. The summed E-state index contributed by atoms with van der Waals surface area (Å²) in [6, 6.07) is 9.00. The van der Waals surface area contributed by atoms with Gasteiger partial charge in [0, 0.05) is 31.0 Å². The minimum Gasteiger partial charge on any atom is -0.381 e. The first kappa shape index (κ1) is 16.8. The normalized spacial score (nSPS) is 26.7. The Morgan fingerprint density at radius 3 is 2.88 bits per heavy atom. The van der Waals surface area contributed by atoms with Crippen molar-refractivity contribution in [3.63, 3.8) is 0 Å². The van der Waals surface area contributed by atoms with E-state index in [2.05, 4.69) is 43.0 Å². The summed E-state index contributed by atoms with van der Waals surface area (Å²) < 4.78 is 5.86. The third kappa shape index (κ3) is 2.93. The Bertz CT molecular complexity index is 772. The van der Waals surface area contributed by atoms with Gasteiger partial charge in [-0.3, -0.25) is 0 Å². The lowest BCUT2D eigenvalue weighted by Crippen LogP contribution is -2.48. The van der Waals surface area contributed by atoms with Crippen molar-refractivity contribution in [2.75, 3.05) is 25.1 Å². The van der Waals surface area contributed by atoms with Crippen molar-refractivity contribution in [1.82, 2.24) is 4.98 Å². The molecule has 1 aromatic heterocycles. The van der Waals surface area contributed by atoms with Crippen LogP contribution in [-0.4, -0.2) is 31.3 Å². The molecule has 0 amide bonds. The van der Waals surface area contributed by atoms with Gasteiger partial charge in [0.05, 0.1) is 11.6 Å². The molecule has 1 aromatic carbocycles. The Labute approximate surface area is 151 Å². The molecule has 0 unspecified atom stereocenters. The molecule has 1 spiro atoms. The minimum absolute atomic E-state index is 0.337. The van der Waals surface area contributed by atoms with Crippen LogP contribution in [0.5, 0.6) is 0 Å². The van der Waals surface area contributed by atoms with Crippen LogP contribution in [0.2, 0.25) is 0 Å². The van der Waals surface area contributed by atoms with E-state index in [9.17, 15) is 0 Å². The maximum absolute atomic E-state index is 5.86. The largest absolute Gasteiger partial charge is 0.381 e. The summed E-state index contributed by atoms with van der Waals surface area (Å²) in [6.45, 7) is 6.64. The number of aromatic nitrogens is 1. The van der Waals surface area contributed by atoms with Gasteiger partial charge in [-0.05, 0) is 68.4 Å². The van der Waals surface area contributed by atoms with Gasteiger partial charge in [-0.15, -0.1) is 0 Å². The summed E-state index contributed by atoms with van der Waals surface area (Å²) in [5.41, 5.74) is 4.19. The van der Waals surface area contributed by atoms with E-state index in [1.165, 1.54) is 48.6 Å². The van der Waals surface area contributed by atoms with Gasteiger partial charge in [0.2, 0.25) is 0 Å². The second-order valence-electron chi connectivity index (χ2n) is 8.01. The van der Waals surface area contributed by atoms with Gasteiger partial charge in [-0.2, -0.15) is 0 Å². The van der Waals surface area contributed by atoms with E-state index >= 15 is 0 Å². The molecule has 2 fully saturated rings. The Hall–Kier alpha value is -1.61. The van der Waals surface area contributed by atoms with E-state index in [0.717, 1.165) is 30.8 Å². The van der Waals surface area contributed by atoms with Crippen molar-refractivity contribution < 1.29 is 4.74 Å². The predicted molar refractivity (Wildman–Crippen MR) is 104 cm³/mol. The number of rotatable bonds is 3. The molecule has 1 saturated heterocycles. The number of hydrogen-bond acceptors (Lipinski definition) is 3. The molecule has 2 aliphatic rings. The molecule has 1 saturated carbocycles. The number of pyridine rings is 1. The van der Waals surface area contributed by atoms with E-state index in [1.807, 2.05) is 7.11 Å². The molecule has 0 N–H and O–H groups in total. The van der Waals surface area contributed by atoms with Crippen LogP contribution in [0.3, 0.4) is 0 Å². The lowest BCUT2D eigenvalue weighted by Gasteiger charge is -2.44. The predicted octanol–water partition coefficient (Wildman–Crippen LogP) is 4.89. The maximum Gasteiger partial charge on any atom is 0.129 e. The fourth-order valence-corrected chi connectivity index (χ4v) is 5.10. The molecule has 0 bridgehead atoms. The number of aryl methyl sites for hydroxylation is 2. The van der Waals surface area contributed by atoms with Gasteiger partial charge < -0.3 is 9.64 Å². The zero-order chi connectivity index (χ0) is 17.4. The number of methoxy groups -OCH3 is 1. The van der Waals surface area contributed by atoms with Gasteiger partial charge in [-0.25, -0.2) is 4.98 Å². The van der Waals surface area contributed by atoms with Crippen molar-refractivity contribution in [3.8, 4) is 0 Å². The lowest BCUT2D eigenvalue weighted by atomic mass is 9.76. The van der Waals surface area contributed by atoms with E-state index in [1.54, 1.807) is 0 Å². The van der Waals surface area contributed by atoms with Crippen LogP contribution in [0.25, 0.3) is 10.9 Å². The zero-order valence-electron chi connectivity index (χ0n) is 15.8. The fraction of sp³-hybridized carbons (Fsp3) is 0.591. The molecule has 2 atom stereocenters. The highest BCUT2D eigenvalue weighted by molar-refractivity contribution is 5.84. The van der Waals surface area contributed by atoms with Crippen LogP contribution in [0, 0.1) is 12.3 Å². The van der Waals surface area contributed by atoms with Gasteiger partial charge in [-0.1, -0.05) is 19.4 Å². The second-order valence-corrected chi connectivity index (χ2v) is 8.01. The zero-order valence-corrected chi connectivity index (χ0v) is 15.8. The van der Waals surface area contributed by atoms with Crippen LogP contribution in [0.15, 0.2) is 24.3 Å². The standard InChI is InChI=1S/C22H30N2O/c1-4-17-8-9-19-18(14-17)16(2)13-21(23-19)24-12-6-11-22(15-24)10-5-7-20(22)25-3/h8-9,13-14,20H,4-7,10-12,15H2,1-3H3/t20-,22-/m1/s1. The molecule has 25 heavy (non-hydrogen) atoms. The molecule has 2 aromatic rings. The van der Waals surface area contributed by atoms with Crippen molar-refractivity contribution >= 4 is 16.7 Å². The number of fused-ring (bicyclic) bond motifs is 1. The first-order valence-electron chi connectivity index (χ1n) is 9.83. The number of ether oxygens (including phenoxy) is 1. The van der Waals surface area contributed by atoms with Crippen LogP contribution in [-0.2, 0) is 11.2 Å².